The average molecular weight is 325 g/mol. The lowest BCUT2D eigenvalue weighted by atomic mass is 10.0. The number of hydrogen-bond donors (Lipinski definition) is 0. The van der Waals surface area contributed by atoms with Crippen molar-refractivity contribution < 1.29 is 9.47 Å². The molecule has 0 aromatic heterocycles. The van der Waals surface area contributed by atoms with E-state index in [4.69, 9.17) is 21.7 Å². The van der Waals surface area contributed by atoms with Gasteiger partial charge in [-0.05, 0) is 31.4 Å². The van der Waals surface area contributed by atoms with Crippen molar-refractivity contribution in [1.29, 1.82) is 0 Å². The van der Waals surface area contributed by atoms with E-state index in [1.54, 1.807) is 11.8 Å². The van der Waals surface area contributed by atoms with E-state index in [0.717, 1.165) is 29.6 Å². The van der Waals surface area contributed by atoms with Crippen LogP contribution in [-0.4, -0.2) is 41.0 Å². The minimum atomic E-state index is -0.167. The predicted octanol–water partition coefficient (Wildman–Crippen LogP) is 3.46. The van der Waals surface area contributed by atoms with E-state index in [1.165, 1.54) is 11.1 Å². The number of thioether (sulfide) groups is 1. The van der Waals surface area contributed by atoms with Crippen LogP contribution in [0.1, 0.15) is 25.0 Å². The zero-order valence-corrected chi connectivity index (χ0v) is 14.3. The molecule has 0 N–H and O–H groups in total. The first-order chi connectivity index (χ1) is 10.2. The van der Waals surface area contributed by atoms with Crippen LogP contribution in [0.2, 0.25) is 0 Å². The third-order valence-corrected chi connectivity index (χ3v) is 4.99. The van der Waals surface area contributed by atoms with E-state index in [-0.39, 0.29) is 6.29 Å². The summed E-state index contributed by atoms with van der Waals surface area (Å²) in [6, 6.07) is 8.61. The van der Waals surface area contributed by atoms with Gasteiger partial charge in [0.15, 0.2) is 6.29 Å². The topological polar surface area (TPSA) is 21.7 Å². The van der Waals surface area contributed by atoms with Crippen LogP contribution in [-0.2, 0) is 22.4 Å². The second-order valence-electron chi connectivity index (χ2n) is 4.86. The number of thiocarbonyl (C=S) groups is 1. The zero-order chi connectivity index (χ0) is 15.1. The largest absolute Gasteiger partial charge is 0.353 e. The van der Waals surface area contributed by atoms with E-state index in [9.17, 15) is 0 Å². The maximum Gasteiger partial charge on any atom is 0.166 e. The first-order valence-corrected chi connectivity index (χ1v) is 8.85. The molecule has 0 bridgehead atoms. The predicted molar refractivity (Wildman–Crippen MR) is 92.7 cm³/mol. The van der Waals surface area contributed by atoms with Gasteiger partial charge in [-0.3, -0.25) is 0 Å². The molecule has 21 heavy (non-hydrogen) atoms. The Morgan fingerprint density at radius 1 is 1.24 bits per heavy atom. The first-order valence-electron chi connectivity index (χ1n) is 7.46. The van der Waals surface area contributed by atoms with E-state index < -0.39 is 0 Å². The second-order valence-corrected chi connectivity index (χ2v) is 6.51. The van der Waals surface area contributed by atoms with Crippen molar-refractivity contribution >= 4 is 28.3 Å². The smallest absolute Gasteiger partial charge is 0.166 e. The molecule has 3 nitrogen and oxygen atoms in total. The Hall–Kier alpha value is -0.620. The summed E-state index contributed by atoms with van der Waals surface area (Å²) < 4.78 is 12.0. The minimum absolute atomic E-state index is 0.167. The highest BCUT2D eigenvalue weighted by atomic mass is 32.2. The van der Waals surface area contributed by atoms with E-state index in [1.807, 2.05) is 13.8 Å². The SMILES string of the molecule is CCOC(CSC(=S)N1CCc2ccccc2C1)OCC. The fourth-order valence-electron chi connectivity index (χ4n) is 2.40. The molecule has 0 saturated carbocycles. The minimum Gasteiger partial charge on any atom is -0.353 e. The van der Waals surface area contributed by atoms with Crippen LogP contribution in [0.15, 0.2) is 24.3 Å². The number of nitrogens with zero attached hydrogens (tertiary/aromatic N) is 1. The molecule has 1 aliphatic rings. The summed E-state index contributed by atoms with van der Waals surface area (Å²) >= 11 is 7.22. The van der Waals surface area contributed by atoms with Gasteiger partial charge in [-0.25, -0.2) is 0 Å². The average Bonchev–Trinajstić information content (AvgIpc) is 2.52. The molecule has 0 amide bonds. The molecule has 1 aliphatic heterocycles. The number of benzene rings is 1. The van der Waals surface area contributed by atoms with Gasteiger partial charge in [0.2, 0.25) is 0 Å². The van der Waals surface area contributed by atoms with Gasteiger partial charge in [0.25, 0.3) is 0 Å². The van der Waals surface area contributed by atoms with Gasteiger partial charge < -0.3 is 14.4 Å². The molecule has 0 atom stereocenters. The van der Waals surface area contributed by atoms with Crippen LogP contribution in [0.5, 0.6) is 0 Å². The molecule has 0 saturated heterocycles. The summed E-state index contributed by atoms with van der Waals surface area (Å²) in [7, 11) is 0. The summed E-state index contributed by atoms with van der Waals surface area (Å²) in [6.07, 6.45) is 0.900. The van der Waals surface area contributed by atoms with Gasteiger partial charge >= 0.3 is 0 Å². The molecule has 0 radical (unpaired) electrons. The van der Waals surface area contributed by atoms with Crippen LogP contribution in [0.3, 0.4) is 0 Å². The highest BCUT2D eigenvalue weighted by Crippen LogP contribution is 2.22. The molecular formula is C16H23NO2S2. The normalized spacial score (nSPS) is 14.3. The highest BCUT2D eigenvalue weighted by Gasteiger charge is 2.19. The monoisotopic (exact) mass is 325 g/mol. The molecule has 0 fully saturated rings. The fourth-order valence-corrected chi connectivity index (χ4v) is 3.57. The molecule has 1 aromatic carbocycles. The van der Waals surface area contributed by atoms with Gasteiger partial charge in [0, 0.05) is 26.3 Å². The van der Waals surface area contributed by atoms with Crippen molar-refractivity contribution in [1.82, 2.24) is 4.90 Å². The van der Waals surface area contributed by atoms with Crippen LogP contribution in [0.4, 0.5) is 0 Å². The molecule has 1 aromatic rings. The molecule has 116 valence electrons. The van der Waals surface area contributed by atoms with Gasteiger partial charge in [0.05, 0.1) is 5.75 Å². The molecule has 0 unspecified atom stereocenters. The zero-order valence-electron chi connectivity index (χ0n) is 12.7. The maximum absolute atomic E-state index is 5.57. The molecule has 5 heteroatoms. The Morgan fingerprint density at radius 2 is 1.90 bits per heavy atom. The number of rotatable bonds is 6. The molecule has 0 spiro atoms. The lowest BCUT2D eigenvalue weighted by Gasteiger charge is -2.31. The van der Waals surface area contributed by atoms with Crippen molar-refractivity contribution in [2.45, 2.75) is 33.1 Å². The van der Waals surface area contributed by atoms with Gasteiger partial charge in [-0.1, -0.05) is 48.2 Å². The standard InChI is InChI=1S/C16H23NO2S2/c1-3-18-15(19-4-2)12-21-16(20)17-10-9-13-7-5-6-8-14(13)11-17/h5-8,15H,3-4,9-12H2,1-2H3. The maximum atomic E-state index is 5.57. The Morgan fingerprint density at radius 3 is 2.57 bits per heavy atom. The van der Waals surface area contributed by atoms with E-state index in [2.05, 4.69) is 29.2 Å². The Balaban J connectivity index is 1.84. The Labute approximate surface area is 137 Å². The molecule has 1 heterocycles. The van der Waals surface area contributed by atoms with Crippen molar-refractivity contribution in [3.05, 3.63) is 35.4 Å². The lowest BCUT2D eigenvalue weighted by Crippen LogP contribution is -2.34. The molecule has 0 aliphatic carbocycles. The summed E-state index contributed by atoms with van der Waals surface area (Å²) in [5.74, 6) is 0.749. The number of ether oxygens (including phenoxy) is 2. The lowest BCUT2D eigenvalue weighted by molar-refractivity contribution is -0.119. The number of fused-ring (bicyclic) bond motifs is 1. The Bertz CT molecular complexity index is 461. The third kappa shape index (κ3) is 4.95. The summed E-state index contributed by atoms with van der Waals surface area (Å²) in [4.78, 5) is 2.28. The summed E-state index contributed by atoms with van der Waals surface area (Å²) in [5.41, 5.74) is 2.83. The van der Waals surface area contributed by atoms with Crippen molar-refractivity contribution in [3.8, 4) is 0 Å². The Kier molecular flexibility index (Phi) is 6.96. The third-order valence-electron chi connectivity index (χ3n) is 3.44. The van der Waals surface area contributed by atoms with E-state index >= 15 is 0 Å². The quantitative estimate of drug-likeness (QED) is 0.588. The van der Waals surface area contributed by atoms with Crippen molar-refractivity contribution in [3.63, 3.8) is 0 Å². The van der Waals surface area contributed by atoms with Gasteiger partial charge in [-0.15, -0.1) is 0 Å². The van der Waals surface area contributed by atoms with Crippen LogP contribution in [0, 0.1) is 0 Å². The highest BCUT2D eigenvalue weighted by molar-refractivity contribution is 8.22. The first kappa shape index (κ1) is 16.7. The fraction of sp³-hybridized carbons (Fsp3) is 0.562. The van der Waals surface area contributed by atoms with E-state index in [0.29, 0.717) is 13.2 Å². The van der Waals surface area contributed by atoms with Gasteiger partial charge in [-0.2, -0.15) is 0 Å². The second kappa shape index (κ2) is 8.73. The van der Waals surface area contributed by atoms with Crippen molar-refractivity contribution in [2.75, 3.05) is 25.5 Å². The van der Waals surface area contributed by atoms with Crippen LogP contribution < -0.4 is 0 Å². The number of hydrogen-bond acceptors (Lipinski definition) is 4. The van der Waals surface area contributed by atoms with Crippen LogP contribution >= 0.6 is 24.0 Å². The van der Waals surface area contributed by atoms with Gasteiger partial charge in [0.1, 0.15) is 4.32 Å². The molecule has 2 rings (SSSR count). The molecular weight excluding hydrogens is 302 g/mol. The van der Waals surface area contributed by atoms with Crippen molar-refractivity contribution in [2.24, 2.45) is 0 Å². The van der Waals surface area contributed by atoms with Crippen LogP contribution in [0.25, 0.3) is 0 Å². The summed E-state index contributed by atoms with van der Waals surface area (Å²) in [6.45, 7) is 7.20. The summed E-state index contributed by atoms with van der Waals surface area (Å²) in [5, 5.41) is 0.